The summed E-state index contributed by atoms with van der Waals surface area (Å²) in [5.74, 6) is -0.278. The van der Waals surface area contributed by atoms with Crippen molar-refractivity contribution < 1.29 is 9.18 Å². The molecule has 7 heteroatoms. The molecular formula is C17H20ClFN4O. The van der Waals surface area contributed by atoms with Crippen LogP contribution in [0.1, 0.15) is 23.0 Å². The van der Waals surface area contributed by atoms with Gasteiger partial charge in [-0.25, -0.2) is 4.39 Å². The van der Waals surface area contributed by atoms with E-state index in [1.54, 1.807) is 21.7 Å². The van der Waals surface area contributed by atoms with E-state index in [0.29, 0.717) is 55.5 Å². The van der Waals surface area contributed by atoms with Crippen LogP contribution in [0.15, 0.2) is 30.5 Å². The monoisotopic (exact) mass is 350 g/mol. The van der Waals surface area contributed by atoms with E-state index in [1.165, 1.54) is 12.3 Å². The molecule has 2 aromatic rings. The number of aromatic nitrogens is 2. The predicted molar refractivity (Wildman–Crippen MR) is 90.5 cm³/mol. The lowest BCUT2D eigenvalue weighted by atomic mass is 10.2. The van der Waals surface area contributed by atoms with Crippen LogP contribution in [0.2, 0.25) is 5.02 Å². The van der Waals surface area contributed by atoms with Crippen LogP contribution in [0.25, 0.3) is 0 Å². The molecule has 1 aliphatic rings. The lowest BCUT2D eigenvalue weighted by Crippen LogP contribution is -2.48. The first kappa shape index (κ1) is 16.9. The van der Waals surface area contributed by atoms with Gasteiger partial charge in [0.1, 0.15) is 11.5 Å². The van der Waals surface area contributed by atoms with Crippen molar-refractivity contribution in [2.45, 2.75) is 20.0 Å². The highest BCUT2D eigenvalue weighted by Gasteiger charge is 2.26. The van der Waals surface area contributed by atoms with Gasteiger partial charge in [-0.05, 0) is 13.0 Å². The highest BCUT2D eigenvalue weighted by molar-refractivity contribution is 6.33. The fourth-order valence-corrected chi connectivity index (χ4v) is 3.16. The van der Waals surface area contributed by atoms with Crippen molar-refractivity contribution in [2.24, 2.45) is 0 Å². The zero-order valence-corrected chi connectivity index (χ0v) is 14.3. The summed E-state index contributed by atoms with van der Waals surface area (Å²) < 4.78 is 15.4. The minimum atomic E-state index is -0.186. The van der Waals surface area contributed by atoms with Gasteiger partial charge in [0.25, 0.3) is 5.91 Å². The van der Waals surface area contributed by atoms with Gasteiger partial charge in [0, 0.05) is 44.8 Å². The Balaban J connectivity index is 1.62. The largest absolute Gasteiger partial charge is 0.335 e. The lowest BCUT2D eigenvalue weighted by molar-refractivity contribution is 0.0615. The molecule has 0 saturated carbocycles. The molecular weight excluding hydrogens is 331 g/mol. The second-order valence-corrected chi connectivity index (χ2v) is 6.22. The van der Waals surface area contributed by atoms with Gasteiger partial charge in [0.2, 0.25) is 0 Å². The van der Waals surface area contributed by atoms with Crippen molar-refractivity contribution >= 4 is 17.5 Å². The van der Waals surface area contributed by atoms with Gasteiger partial charge in [-0.1, -0.05) is 29.8 Å². The normalized spacial score (nSPS) is 15.7. The van der Waals surface area contributed by atoms with Crippen molar-refractivity contribution in [1.29, 1.82) is 0 Å². The highest BCUT2D eigenvalue weighted by Crippen LogP contribution is 2.19. The number of aryl methyl sites for hydroxylation is 1. The average molecular weight is 351 g/mol. The Bertz CT molecular complexity index is 725. The van der Waals surface area contributed by atoms with Crippen molar-refractivity contribution in [2.75, 3.05) is 26.2 Å². The van der Waals surface area contributed by atoms with E-state index in [4.69, 9.17) is 11.6 Å². The summed E-state index contributed by atoms with van der Waals surface area (Å²) in [5, 5.41) is 4.50. The minimum Gasteiger partial charge on any atom is -0.335 e. The van der Waals surface area contributed by atoms with Gasteiger partial charge in [0.05, 0.1) is 11.2 Å². The number of hydrogen-bond donors (Lipinski definition) is 0. The zero-order valence-electron chi connectivity index (χ0n) is 13.6. The summed E-state index contributed by atoms with van der Waals surface area (Å²) in [6.07, 6.45) is 1.51. The van der Waals surface area contributed by atoms with E-state index in [9.17, 15) is 9.18 Å². The van der Waals surface area contributed by atoms with E-state index in [2.05, 4.69) is 10.00 Å². The average Bonchev–Trinajstić information content (AvgIpc) is 2.98. The summed E-state index contributed by atoms with van der Waals surface area (Å²) in [7, 11) is 0. The molecule has 0 radical (unpaired) electrons. The maximum Gasteiger partial charge on any atom is 0.273 e. The van der Waals surface area contributed by atoms with Gasteiger partial charge < -0.3 is 4.90 Å². The molecule has 0 unspecified atom stereocenters. The molecule has 1 amide bonds. The Morgan fingerprint density at radius 2 is 1.96 bits per heavy atom. The molecule has 5 nitrogen and oxygen atoms in total. The summed E-state index contributed by atoms with van der Waals surface area (Å²) in [6, 6.07) is 6.80. The Kier molecular flexibility index (Phi) is 5.16. The molecule has 0 atom stereocenters. The van der Waals surface area contributed by atoms with Crippen LogP contribution in [0.4, 0.5) is 4.39 Å². The first-order valence-electron chi connectivity index (χ1n) is 8.06. The number of amides is 1. The molecule has 0 bridgehead atoms. The molecule has 128 valence electrons. The molecule has 1 aliphatic heterocycles. The van der Waals surface area contributed by atoms with Gasteiger partial charge in [0.15, 0.2) is 0 Å². The molecule has 1 fully saturated rings. The molecule has 2 heterocycles. The SMILES string of the molecule is CCn1ncc(Cl)c1C(=O)N1CCN(Cc2ccccc2F)CC1. The summed E-state index contributed by atoms with van der Waals surface area (Å²) in [4.78, 5) is 16.6. The highest BCUT2D eigenvalue weighted by atomic mass is 35.5. The summed E-state index contributed by atoms with van der Waals surface area (Å²) in [6.45, 7) is 5.68. The maximum atomic E-state index is 13.7. The van der Waals surface area contributed by atoms with Crippen LogP contribution in [0, 0.1) is 5.82 Å². The number of hydrogen-bond acceptors (Lipinski definition) is 3. The van der Waals surface area contributed by atoms with Crippen LogP contribution in [-0.4, -0.2) is 51.7 Å². The van der Waals surface area contributed by atoms with Gasteiger partial charge in [-0.15, -0.1) is 0 Å². The number of benzene rings is 1. The molecule has 1 aromatic carbocycles. The molecule has 3 rings (SSSR count). The molecule has 0 spiro atoms. The summed E-state index contributed by atoms with van der Waals surface area (Å²) in [5.41, 5.74) is 1.13. The number of carbonyl (C=O) groups excluding carboxylic acids is 1. The van der Waals surface area contributed by atoms with Crippen LogP contribution >= 0.6 is 11.6 Å². The van der Waals surface area contributed by atoms with E-state index < -0.39 is 0 Å². The minimum absolute atomic E-state index is 0.0927. The topological polar surface area (TPSA) is 41.4 Å². The van der Waals surface area contributed by atoms with E-state index in [-0.39, 0.29) is 11.7 Å². The van der Waals surface area contributed by atoms with E-state index >= 15 is 0 Å². The van der Waals surface area contributed by atoms with Crippen LogP contribution < -0.4 is 0 Å². The number of carbonyl (C=O) groups is 1. The second-order valence-electron chi connectivity index (χ2n) is 5.82. The predicted octanol–water partition coefficient (Wildman–Crippen LogP) is 2.65. The Morgan fingerprint density at radius 3 is 2.62 bits per heavy atom. The second kappa shape index (κ2) is 7.32. The fourth-order valence-electron chi connectivity index (χ4n) is 2.94. The summed E-state index contributed by atoms with van der Waals surface area (Å²) >= 11 is 6.11. The number of rotatable bonds is 4. The van der Waals surface area contributed by atoms with Gasteiger partial charge in [-0.3, -0.25) is 14.4 Å². The van der Waals surface area contributed by atoms with Crippen LogP contribution in [0.3, 0.4) is 0 Å². The maximum absolute atomic E-state index is 13.7. The van der Waals surface area contributed by atoms with E-state index in [1.807, 2.05) is 13.0 Å². The van der Waals surface area contributed by atoms with Crippen molar-refractivity contribution in [3.63, 3.8) is 0 Å². The smallest absolute Gasteiger partial charge is 0.273 e. The van der Waals surface area contributed by atoms with Crippen molar-refractivity contribution in [1.82, 2.24) is 19.6 Å². The Labute approximate surface area is 145 Å². The Morgan fingerprint density at radius 1 is 1.25 bits per heavy atom. The first-order chi connectivity index (χ1) is 11.6. The molecule has 1 saturated heterocycles. The van der Waals surface area contributed by atoms with Gasteiger partial charge >= 0.3 is 0 Å². The number of nitrogens with zero attached hydrogens (tertiary/aromatic N) is 4. The standard InChI is InChI=1S/C17H20ClFN4O/c1-2-23-16(14(18)11-20-23)17(24)22-9-7-21(8-10-22)12-13-5-3-4-6-15(13)19/h3-6,11H,2,7-10,12H2,1H3. The fraction of sp³-hybridized carbons (Fsp3) is 0.412. The van der Waals surface area contributed by atoms with Crippen molar-refractivity contribution in [3.8, 4) is 0 Å². The molecule has 0 N–H and O–H groups in total. The lowest BCUT2D eigenvalue weighted by Gasteiger charge is -2.34. The van der Waals surface area contributed by atoms with Crippen LogP contribution in [-0.2, 0) is 13.1 Å². The third-order valence-electron chi connectivity index (χ3n) is 4.31. The van der Waals surface area contributed by atoms with Crippen molar-refractivity contribution in [3.05, 3.63) is 52.6 Å². The quantitative estimate of drug-likeness (QED) is 0.851. The molecule has 24 heavy (non-hydrogen) atoms. The molecule has 0 aliphatic carbocycles. The Hall–Kier alpha value is -1.92. The molecule has 1 aromatic heterocycles. The first-order valence-corrected chi connectivity index (χ1v) is 8.44. The third kappa shape index (κ3) is 3.44. The third-order valence-corrected chi connectivity index (χ3v) is 4.58. The van der Waals surface area contributed by atoms with Gasteiger partial charge in [-0.2, -0.15) is 5.10 Å². The van der Waals surface area contributed by atoms with Crippen LogP contribution in [0.5, 0.6) is 0 Å². The van der Waals surface area contributed by atoms with E-state index in [0.717, 1.165) is 0 Å². The zero-order chi connectivity index (χ0) is 17.1. The number of halogens is 2. The number of piperazine rings is 1.